The smallest absolute Gasteiger partial charge is 0.305 e. The van der Waals surface area contributed by atoms with Gasteiger partial charge in [-0.05, 0) is 93.8 Å². The Kier molecular flexibility index (Phi) is 8.72. The fourth-order valence-corrected chi connectivity index (χ4v) is 6.97. The number of pyridine rings is 1. The Morgan fingerprint density at radius 1 is 1.15 bits per heavy atom. The molecule has 0 radical (unpaired) electrons. The van der Waals surface area contributed by atoms with Crippen molar-refractivity contribution in [3.05, 3.63) is 53.2 Å². The largest absolute Gasteiger partial charge is 0.481 e. The molecule has 0 saturated carbocycles. The normalized spacial score (nSPS) is 24.8. The lowest BCUT2D eigenvalue weighted by atomic mass is 9.94. The molecule has 6 heterocycles. The summed E-state index contributed by atoms with van der Waals surface area (Å²) in [7, 11) is 0. The zero-order chi connectivity index (χ0) is 28.2. The van der Waals surface area contributed by atoms with Crippen molar-refractivity contribution in [3.63, 3.8) is 0 Å². The third-order valence-electron chi connectivity index (χ3n) is 9.22. The van der Waals surface area contributed by atoms with E-state index in [1.165, 1.54) is 5.56 Å². The third kappa shape index (κ3) is 6.84. The molecule has 41 heavy (non-hydrogen) atoms. The highest BCUT2D eigenvalue weighted by molar-refractivity contribution is 5.80. The molecule has 7 rings (SSSR count). The minimum Gasteiger partial charge on any atom is -0.481 e. The molecule has 0 unspecified atom stereocenters. The molecule has 9 heteroatoms. The molecule has 2 aromatic rings. The maximum Gasteiger partial charge on any atom is 0.305 e. The number of carbonyl (C=O) groups excluding carboxylic acids is 1. The number of piperidine rings is 2. The number of hydrogen-bond donors (Lipinski definition) is 3. The van der Waals surface area contributed by atoms with E-state index >= 15 is 0 Å². The van der Waals surface area contributed by atoms with Crippen LogP contribution in [0.4, 0.5) is 11.5 Å². The number of carboxylic acids is 1. The molecular formula is C32H43N5O4. The van der Waals surface area contributed by atoms with Gasteiger partial charge in [0, 0.05) is 31.0 Å². The Hall–Kier alpha value is -3.17. The molecule has 0 spiro atoms. The van der Waals surface area contributed by atoms with Gasteiger partial charge in [0.05, 0.1) is 37.1 Å². The molecule has 1 aromatic heterocycles. The first-order chi connectivity index (χ1) is 20.0. The third-order valence-corrected chi connectivity index (χ3v) is 9.22. The quantitative estimate of drug-likeness (QED) is 0.402. The molecule has 2 bridgehead atoms. The number of morpholine rings is 1. The molecular weight excluding hydrogens is 518 g/mol. The van der Waals surface area contributed by atoms with Gasteiger partial charge in [0.25, 0.3) is 0 Å². The van der Waals surface area contributed by atoms with E-state index in [0.717, 1.165) is 107 Å². The topological polar surface area (TPSA) is 107 Å². The van der Waals surface area contributed by atoms with Gasteiger partial charge in [-0.15, -0.1) is 0 Å². The first-order valence-corrected chi connectivity index (χ1v) is 15.5. The van der Waals surface area contributed by atoms with Crippen LogP contribution in [-0.2, 0) is 27.2 Å². The predicted molar refractivity (Wildman–Crippen MR) is 158 cm³/mol. The van der Waals surface area contributed by atoms with Crippen LogP contribution in [0, 0.1) is 5.92 Å². The lowest BCUT2D eigenvalue weighted by Gasteiger charge is -2.46. The summed E-state index contributed by atoms with van der Waals surface area (Å²) in [5.74, 6) is -0.0482. The van der Waals surface area contributed by atoms with Gasteiger partial charge in [0.1, 0.15) is 5.82 Å². The first-order valence-electron chi connectivity index (χ1n) is 15.5. The average molecular weight is 562 g/mol. The Morgan fingerprint density at radius 3 is 2.88 bits per heavy atom. The maximum atomic E-state index is 13.5. The van der Waals surface area contributed by atoms with Gasteiger partial charge in [-0.2, -0.15) is 0 Å². The molecule has 220 valence electrons. The number of rotatable bonds is 10. The van der Waals surface area contributed by atoms with Gasteiger partial charge in [-0.25, -0.2) is 4.98 Å². The van der Waals surface area contributed by atoms with Crippen molar-refractivity contribution in [2.45, 2.75) is 76.0 Å². The van der Waals surface area contributed by atoms with E-state index in [1.54, 1.807) is 0 Å². The molecule has 4 fully saturated rings. The number of fused-ring (bicyclic) bond motifs is 4. The predicted octanol–water partition coefficient (Wildman–Crippen LogP) is 3.78. The summed E-state index contributed by atoms with van der Waals surface area (Å²) in [6.07, 6.45) is 8.32. The van der Waals surface area contributed by atoms with Crippen LogP contribution in [-0.4, -0.2) is 78.3 Å². The summed E-state index contributed by atoms with van der Waals surface area (Å²) in [5, 5.41) is 16.2. The molecule has 5 aliphatic heterocycles. The van der Waals surface area contributed by atoms with E-state index in [-0.39, 0.29) is 24.3 Å². The summed E-state index contributed by atoms with van der Waals surface area (Å²) < 4.78 is 5.87. The molecule has 1 aromatic carbocycles. The summed E-state index contributed by atoms with van der Waals surface area (Å²) >= 11 is 0. The number of anilines is 2. The lowest BCUT2D eigenvalue weighted by molar-refractivity contribution is -0.138. The van der Waals surface area contributed by atoms with Crippen LogP contribution < -0.4 is 15.5 Å². The molecule has 1 amide bonds. The zero-order valence-corrected chi connectivity index (χ0v) is 23.9. The van der Waals surface area contributed by atoms with E-state index in [4.69, 9.17) is 9.72 Å². The van der Waals surface area contributed by atoms with Crippen LogP contribution in [0.25, 0.3) is 0 Å². The number of aryl methyl sites for hydroxylation is 2. The minimum absolute atomic E-state index is 0.0424. The van der Waals surface area contributed by atoms with Crippen LogP contribution in [0.1, 0.15) is 67.8 Å². The van der Waals surface area contributed by atoms with Crippen molar-refractivity contribution >= 4 is 23.4 Å². The Balaban J connectivity index is 1.04. The number of ether oxygens (including phenoxy) is 1. The summed E-state index contributed by atoms with van der Waals surface area (Å²) in [6, 6.07) is 12.2. The first kappa shape index (κ1) is 28.0. The number of nitrogens with zero attached hydrogens (tertiary/aromatic N) is 3. The Bertz CT molecular complexity index is 1230. The summed E-state index contributed by atoms with van der Waals surface area (Å²) in [5.41, 5.74) is 4.36. The number of carbonyl (C=O) groups is 2. The number of nitrogens with one attached hydrogen (secondary N) is 2. The number of aliphatic carboxylic acids is 1. The molecule has 4 saturated heterocycles. The van der Waals surface area contributed by atoms with Gasteiger partial charge in [0.15, 0.2) is 0 Å². The fourth-order valence-electron chi connectivity index (χ4n) is 6.97. The summed E-state index contributed by atoms with van der Waals surface area (Å²) in [6.45, 7) is 5.23. The maximum absolute atomic E-state index is 13.5. The van der Waals surface area contributed by atoms with Gasteiger partial charge in [0.2, 0.25) is 5.91 Å². The second kappa shape index (κ2) is 12.8. The van der Waals surface area contributed by atoms with Crippen LogP contribution in [0.5, 0.6) is 0 Å². The zero-order valence-electron chi connectivity index (χ0n) is 23.9. The van der Waals surface area contributed by atoms with Crippen LogP contribution in [0.2, 0.25) is 0 Å². The highest BCUT2D eigenvalue weighted by Crippen LogP contribution is 2.33. The number of carboxylic acid groups (broad SMARTS) is 1. The van der Waals surface area contributed by atoms with Gasteiger partial charge < -0.3 is 30.3 Å². The van der Waals surface area contributed by atoms with Crippen molar-refractivity contribution in [1.29, 1.82) is 0 Å². The highest BCUT2D eigenvalue weighted by atomic mass is 16.5. The standard InChI is InChI=1S/C32H43N5O4/c38-30(39)18-29(23-5-1-9-26(17-23)37-20-28-13-12-27(37)21-41-28)35-32(40)24-7-3-15-36(19-24)16-4-8-25-11-10-22-6-2-14-33-31(22)34-25/h1,5,9-11,17,24,27-29H,2-4,6-8,12-16,18-21H2,(H,33,34)(H,35,40)(H,38,39)/t24-,27-,28-,29+/m1/s1. The van der Waals surface area contributed by atoms with Crippen LogP contribution >= 0.6 is 0 Å². The van der Waals surface area contributed by atoms with Gasteiger partial charge in [-0.1, -0.05) is 18.2 Å². The molecule has 9 nitrogen and oxygen atoms in total. The second-order valence-electron chi connectivity index (χ2n) is 12.2. The SMILES string of the molecule is O=C(O)C[C@H](NC(=O)[C@@H]1CCCN(CCCc2ccc3c(n2)NCCC3)C1)c1cccc(N2C[C@H]3CC[C@@H]2CO3)c1. The summed E-state index contributed by atoms with van der Waals surface area (Å²) in [4.78, 5) is 34.8. The molecule has 5 aliphatic rings. The second-order valence-corrected chi connectivity index (χ2v) is 12.2. The highest BCUT2D eigenvalue weighted by Gasteiger charge is 2.35. The van der Waals surface area contributed by atoms with Crippen molar-refractivity contribution in [1.82, 2.24) is 15.2 Å². The number of hydrogen-bond acceptors (Lipinski definition) is 7. The van der Waals surface area contributed by atoms with E-state index in [9.17, 15) is 14.7 Å². The van der Waals surface area contributed by atoms with Crippen LogP contribution in [0.3, 0.4) is 0 Å². The molecule has 4 atom stereocenters. The minimum atomic E-state index is -0.914. The Morgan fingerprint density at radius 2 is 2.07 bits per heavy atom. The van der Waals surface area contributed by atoms with E-state index in [1.807, 2.05) is 12.1 Å². The fraction of sp³-hybridized carbons (Fsp3) is 0.594. The van der Waals surface area contributed by atoms with Crippen molar-refractivity contribution in [3.8, 4) is 0 Å². The number of benzene rings is 1. The van der Waals surface area contributed by atoms with Crippen molar-refractivity contribution in [2.24, 2.45) is 5.92 Å². The van der Waals surface area contributed by atoms with E-state index in [0.29, 0.717) is 12.6 Å². The van der Waals surface area contributed by atoms with Gasteiger partial charge in [-0.3, -0.25) is 9.59 Å². The van der Waals surface area contributed by atoms with Gasteiger partial charge >= 0.3 is 5.97 Å². The van der Waals surface area contributed by atoms with Crippen molar-refractivity contribution in [2.75, 3.05) is 49.5 Å². The lowest BCUT2D eigenvalue weighted by Crippen LogP contribution is -2.54. The number of amides is 1. The monoisotopic (exact) mass is 561 g/mol. The average Bonchev–Trinajstić information content (AvgIpc) is 3.01. The Labute approximate surface area is 242 Å². The number of likely N-dealkylation sites (tertiary alicyclic amines) is 1. The van der Waals surface area contributed by atoms with Crippen LogP contribution in [0.15, 0.2) is 36.4 Å². The number of aromatic nitrogens is 1. The molecule has 3 N–H and O–H groups in total. The van der Waals surface area contributed by atoms with E-state index < -0.39 is 12.0 Å². The van der Waals surface area contributed by atoms with Crippen molar-refractivity contribution < 1.29 is 19.4 Å². The van der Waals surface area contributed by atoms with E-state index in [2.05, 4.69) is 44.7 Å². The molecule has 0 aliphatic carbocycles.